The number of rotatable bonds is 2. The van der Waals surface area contributed by atoms with Gasteiger partial charge in [-0.2, -0.15) is 9.97 Å². The Bertz CT molecular complexity index is 1250. The lowest BCUT2D eigenvalue weighted by Gasteiger charge is -1.98. The molecule has 1 aliphatic rings. The molecule has 28 heavy (non-hydrogen) atoms. The molecule has 5 rings (SSSR count). The van der Waals surface area contributed by atoms with Gasteiger partial charge in [-0.25, -0.2) is 0 Å². The zero-order chi connectivity index (χ0) is 19.4. The van der Waals surface area contributed by atoms with Crippen molar-refractivity contribution in [3.8, 4) is 10.6 Å². The van der Waals surface area contributed by atoms with Gasteiger partial charge in [-0.1, -0.05) is 64.9 Å². The van der Waals surface area contributed by atoms with Crippen LogP contribution in [-0.4, -0.2) is 21.5 Å². The van der Waals surface area contributed by atoms with E-state index in [9.17, 15) is 9.59 Å². The van der Waals surface area contributed by atoms with Crippen LogP contribution in [0.4, 0.5) is 0 Å². The van der Waals surface area contributed by atoms with E-state index in [1.165, 1.54) is 29.5 Å². The number of carbonyl (C=O) groups is 2. The number of allylic oxidation sites excluding steroid dienone is 1. The molecule has 2 aromatic heterocycles. The Balaban J connectivity index is 1.53. The molecule has 0 aliphatic heterocycles. The summed E-state index contributed by atoms with van der Waals surface area (Å²) < 4.78 is 5.63. The first-order valence-electron chi connectivity index (χ1n) is 8.14. The van der Waals surface area contributed by atoms with Crippen molar-refractivity contribution < 1.29 is 14.0 Å². The number of hydrogen-bond acceptors (Lipinski definition) is 6. The number of carbonyl (C=O) groups excluding carboxylic acids is 2. The van der Waals surface area contributed by atoms with Gasteiger partial charge in [0, 0.05) is 22.8 Å². The number of benzene rings is 2. The van der Waals surface area contributed by atoms with Gasteiger partial charge in [0.2, 0.25) is 5.89 Å². The average Bonchev–Trinajstić information content (AvgIpc) is 3.31. The van der Waals surface area contributed by atoms with Crippen LogP contribution in [0.15, 0.2) is 52.5 Å². The van der Waals surface area contributed by atoms with Gasteiger partial charge in [0.05, 0.1) is 15.6 Å². The molecule has 0 unspecified atom stereocenters. The number of aromatic nitrogens is 2. The van der Waals surface area contributed by atoms with E-state index >= 15 is 0 Å². The Kier molecular flexibility index (Phi) is 3.94. The summed E-state index contributed by atoms with van der Waals surface area (Å²) in [7, 11) is 0. The van der Waals surface area contributed by atoms with Gasteiger partial charge >= 0.3 is 0 Å². The second-order valence-electron chi connectivity index (χ2n) is 6.08. The lowest BCUT2D eigenvalue weighted by Crippen LogP contribution is -2.00. The molecule has 2 aromatic carbocycles. The van der Waals surface area contributed by atoms with E-state index in [1.807, 2.05) is 30.3 Å². The molecule has 0 spiro atoms. The molecule has 0 radical (unpaired) electrons. The average molecular weight is 427 g/mol. The molecular formula is C20H8Cl2N2O3S. The summed E-state index contributed by atoms with van der Waals surface area (Å²) in [6.07, 6.45) is 1.34. The van der Waals surface area contributed by atoms with E-state index in [0.717, 1.165) is 10.6 Å². The second-order valence-corrected chi connectivity index (χ2v) is 7.87. The molecule has 136 valence electrons. The first-order valence-corrected chi connectivity index (χ1v) is 9.71. The highest BCUT2D eigenvalue weighted by molar-refractivity contribution is 7.21. The number of thiazole rings is 1. The molecule has 0 atom stereocenters. The molecule has 1 aliphatic carbocycles. The van der Waals surface area contributed by atoms with Crippen molar-refractivity contribution in [2.45, 2.75) is 0 Å². The van der Waals surface area contributed by atoms with Crippen LogP contribution in [-0.2, 0) is 0 Å². The molecular weight excluding hydrogens is 419 g/mol. The van der Waals surface area contributed by atoms with E-state index in [4.69, 9.17) is 27.6 Å². The minimum Gasteiger partial charge on any atom is -0.417 e. The van der Waals surface area contributed by atoms with Crippen LogP contribution in [0.1, 0.15) is 26.6 Å². The predicted molar refractivity (Wildman–Crippen MR) is 108 cm³/mol. The lowest BCUT2D eigenvalue weighted by atomic mass is 10.1. The number of fused-ring (bicyclic) bond motifs is 2. The van der Waals surface area contributed by atoms with E-state index < -0.39 is 11.6 Å². The maximum absolute atomic E-state index is 12.6. The number of oxazole rings is 1. The molecule has 0 N–H and O–H groups in total. The molecule has 0 fully saturated rings. The second kappa shape index (κ2) is 6.38. The molecule has 4 aromatic rings. The Labute approximate surface area is 172 Å². The van der Waals surface area contributed by atoms with E-state index in [-0.39, 0.29) is 32.6 Å². The molecule has 0 saturated heterocycles. The van der Waals surface area contributed by atoms with Gasteiger partial charge < -0.3 is 4.42 Å². The third-order valence-corrected chi connectivity index (χ3v) is 6.02. The number of hydrogen-bond donors (Lipinski definition) is 0. The smallest absolute Gasteiger partial charge is 0.259 e. The fourth-order valence-electron chi connectivity index (χ4n) is 2.99. The van der Waals surface area contributed by atoms with Gasteiger partial charge in [0.1, 0.15) is 5.01 Å². The van der Waals surface area contributed by atoms with Gasteiger partial charge in [-0.3, -0.25) is 9.59 Å². The summed E-state index contributed by atoms with van der Waals surface area (Å²) >= 11 is 13.3. The summed E-state index contributed by atoms with van der Waals surface area (Å²) in [5, 5.41) is 1.22. The van der Waals surface area contributed by atoms with Gasteiger partial charge in [0.25, 0.3) is 5.71 Å². The predicted octanol–water partition coefficient (Wildman–Crippen LogP) is 5.72. The third kappa shape index (κ3) is 2.69. The van der Waals surface area contributed by atoms with Gasteiger partial charge in [0.15, 0.2) is 16.4 Å². The van der Waals surface area contributed by atoms with Crippen molar-refractivity contribution in [1.29, 1.82) is 0 Å². The zero-order valence-corrected chi connectivity index (χ0v) is 16.2. The highest BCUT2D eigenvalue weighted by Gasteiger charge is 2.34. The Morgan fingerprint density at radius 2 is 1.57 bits per heavy atom. The molecule has 0 bridgehead atoms. The number of halogens is 2. The molecule has 2 heterocycles. The summed E-state index contributed by atoms with van der Waals surface area (Å²) in [5.41, 5.74) is 1.74. The third-order valence-electron chi connectivity index (χ3n) is 4.32. The normalized spacial score (nSPS) is 13.4. The van der Waals surface area contributed by atoms with Crippen molar-refractivity contribution in [3.63, 3.8) is 0 Å². The SMILES string of the molecule is O=C1C(=Cc2nc3sc(-c4ccccc4)nc3o2)C(=O)c2cc(Cl)c(Cl)cc21. The minimum absolute atomic E-state index is 0.0366. The summed E-state index contributed by atoms with van der Waals surface area (Å²) in [4.78, 5) is 34.6. The van der Waals surface area contributed by atoms with Crippen molar-refractivity contribution in [2.75, 3.05) is 0 Å². The molecule has 5 nitrogen and oxygen atoms in total. The standard InChI is InChI=1S/C20H8Cl2N2O3S/c21-13-6-10-11(7-14(13)22)17(26)12(16(10)25)8-15-23-20-18(27-15)24-19(28-20)9-4-2-1-3-5-9/h1-8H. The van der Waals surface area contributed by atoms with Crippen molar-refractivity contribution in [1.82, 2.24) is 9.97 Å². The van der Waals surface area contributed by atoms with Crippen LogP contribution in [0.2, 0.25) is 10.0 Å². The summed E-state index contributed by atoms with van der Waals surface area (Å²) in [5.74, 6) is -0.717. The zero-order valence-electron chi connectivity index (χ0n) is 13.9. The van der Waals surface area contributed by atoms with Crippen LogP contribution in [0, 0.1) is 0 Å². The van der Waals surface area contributed by atoms with Crippen LogP contribution in [0.25, 0.3) is 27.2 Å². The Morgan fingerprint density at radius 3 is 2.18 bits per heavy atom. The Hall–Kier alpha value is -2.80. The Morgan fingerprint density at radius 1 is 0.929 bits per heavy atom. The van der Waals surface area contributed by atoms with E-state index in [0.29, 0.717) is 10.5 Å². The van der Waals surface area contributed by atoms with E-state index in [1.54, 1.807) is 0 Å². The van der Waals surface area contributed by atoms with Crippen LogP contribution in [0.3, 0.4) is 0 Å². The largest absolute Gasteiger partial charge is 0.417 e. The highest BCUT2D eigenvalue weighted by Crippen LogP contribution is 2.35. The monoisotopic (exact) mass is 426 g/mol. The van der Waals surface area contributed by atoms with Gasteiger partial charge in [-0.05, 0) is 12.1 Å². The fourth-order valence-corrected chi connectivity index (χ4v) is 4.20. The van der Waals surface area contributed by atoms with Crippen LogP contribution >= 0.6 is 34.5 Å². The first kappa shape index (κ1) is 17.3. The number of ketones is 2. The minimum atomic E-state index is -0.432. The molecule has 8 heteroatoms. The lowest BCUT2D eigenvalue weighted by molar-refractivity contribution is 0.0990. The van der Waals surface area contributed by atoms with Crippen LogP contribution in [0.5, 0.6) is 0 Å². The number of Topliss-reactive ketones (excluding diaryl/α,β-unsaturated/α-hetero) is 2. The topological polar surface area (TPSA) is 73.1 Å². The van der Waals surface area contributed by atoms with E-state index in [2.05, 4.69) is 9.97 Å². The first-order chi connectivity index (χ1) is 13.5. The summed E-state index contributed by atoms with van der Waals surface area (Å²) in [6.45, 7) is 0. The van der Waals surface area contributed by atoms with Crippen molar-refractivity contribution in [2.24, 2.45) is 0 Å². The molecule has 0 saturated carbocycles. The molecule has 0 amide bonds. The van der Waals surface area contributed by atoms with Crippen molar-refractivity contribution in [3.05, 3.63) is 75.1 Å². The fraction of sp³-hybridized carbons (Fsp3) is 0. The highest BCUT2D eigenvalue weighted by atomic mass is 35.5. The number of nitrogens with zero attached hydrogens (tertiary/aromatic N) is 2. The maximum Gasteiger partial charge on any atom is 0.259 e. The quantitative estimate of drug-likeness (QED) is 0.302. The van der Waals surface area contributed by atoms with Gasteiger partial charge in [-0.15, -0.1) is 0 Å². The van der Waals surface area contributed by atoms with Crippen molar-refractivity contribution >= 4 is 62.7 Å². The maximum atomic E-state index is 12.6. The summed E-state index contributed by atoms with van der Waals surface area (Å²) in [6, 6.07) is 12.5. The van der Waals surface area contributed by atoms with Crippen LogP contribution < -0.4 is 0 Å².